The number of carbonyl (C=O) groups excluding carboxylic acids is 1. The highest BCUT2D eigenvalue weighted by atomic mass is 32.2. The molecule has 1 aliphatic rings. The van der Waals surface area contributed by atoms with Crippen molar-refractivity contribution >= 4 is 21.6 Å². The lowest BCUT2D eigenvalue weighted by molar-refractivity contribution is -0.121. The molecule has 1 unspecified atom stereocenters. The summed E-state index contributed by atoms with van der Waals surface area (Å²) < 4.78 is 54.0. The Hall–Kier alpha value is -2.52. The largest absolute Gasteiger partial charge is 0.371 e. The number of anilines is 1. The Morgan fingerprint density at radius 1 is 1.09 bits per heavy atom. The third-order valence-electron chi connectivity index (χ3n) is 5.82. The van der Waals surface area contributed by atoms with Crippen molar-refractivity contribution < 1.29 is 22.0 Å². The van der Waals surface area contributed by atoms with E-state index in [1.165, 1.54) is 6.07 Å². The molecule has 0 spiro atoms. The fourth-order valence-corrected chi connectivity index (χ4v) is 4.81. The van der Waals surface area contributed by atoms with Crippen molar-refractivity contribution in [3.05, 3.63) is 59.7 Å². The first kappa shape index (κ1) is 25.1. The summed E-state index contributed by atoms with van der Waals surface area (Å²) in [5.41, 5.74) is 1.59. The molecule has 9 heteroatoms. The van der Waals surface area contributed by atoms with Crippen LogP contribution in [0.3, 0.4) is 0 Å². The number of benzene rings is 2. The monoisotopic (exact) mass is 479 g/mol. The summed E-state index contributed by atoms with van der Waals surface area (Å²) >= 11 is 0. The second-order valence-electron chi connectivity index (χ2n) is 9.43. The maximum Gasteiger partial charge on any atom is 0.240 e. The Labute approximate surface area is 194 Å². The summed E-state index contributed by atoms with van der Waals surface area (Å²) in [6.07, 6.45) is 0.843. The van der Waals surface area contributed by atoms with Crippen LogP contribution in [0.15, 0.2) is 47.4 Å². The number of halogens is 2. The molecule has 3 rings (SSSR count). The summed E-state index contributed by atoms with van der Waals surface area (Å²) in [5.74, 6) is -1.82. The molecule has 1 atom stereocenters. The third kappa shape index (κ3) is 6.74. The topological polar surface area (TPSA) is 78.5 Å². The zero-order valence-corrected chi connectivity index (χ0v) is 20.0. The Bertz CT molecular complexity index is 1080. The van der Waals surface area contributed by atoms with E-state index in [1.54, 1.807) is 30.3 Å². The first-order valence-corrected chi connectivity index (χ1v) is 12.5. The summed E-state index contributed by atoms with van der Waals surface area (Å²) in [6.45, 7) is 7.93. The van der Waals surface area contributed by atoms with Gasteiger partial charge in [-0.2, -0.15) is 0 Å². The van der Waals surface area contributed by atoms with Crippen LogP contribution in [0.4, 0.5) is 14.5 Å². The molecule has 2 aromatic carbocycles. The maximum absolute atomic E-state index is 13.5. The zero-order valence-electron chi connectivity index (χ0n) is 19.2. The van der Waals surface area contributed by atoms with Gasteiger partial charge in [0.15, 0.2) is 11.6 Å². The highest BCUT2D eigenvalue weighted by Gasteiger charge is 2.24. The minimum absolute atomic E-state index is 0.000830. The van der Waals surface area contributed by atoms with E-state index in [0.717, 1.165) is 18.1 Å². The van der Waals surface area contributed by atoms with E-state index in [9.17, 15) is 22.0 Å². The molecular weight excluding hydrogens is 448 g/mol. The van der Waals surface area contributed by atoms with Crippen molar-refractivity contribution in [2.45, 2.75) is 43.9 Å². The lowest BCUT2D eigenvalue weighted by atomic mass is 9.87. The summed E-state index contributed by atoms with van der Waals surface area (Å²) in [4.78, 5) is 14.3. The van der Waals surface area contributed by atoms with Gasteiger partial charge in [0.2, 0.25) is 15.9 Å². The molecule has 0 radical (unpaired) electrons. The Morgan fingerprint density at radius 3 is 2.42 bits per heavy atom. The average molecular weight is 480 g/mol. The number of carbonyl (C=O) groups is 1. The molecule has 1 saturated heterocycles. The number of rotatable bonds is 8. The lowest BCUT2D eigenvalue weighted by Gasteiger charge is -2.19. The van der Waals surface area contributed by atoms with E-state index in [1.807, 2.05) is 4.90 Å². The van der Waals surface area contributed by atoms with Crippen molar-refractivity contribution in [3.63, 3.8) is 0 Å². The fourth-order valence-electron chi connectivity index (χ4n) is 3.78. The van der Waals surface area contributed by atoms with Crippen molar-refractivity contribution in [1.82, 2.24) is 10.0 Å². The molecule has 33 heavy (non-hydrogen) atoms. The van der Waals surface area contributed by atoms with Crippen LogP contribution in [0, 0.1) is 17.6 Å². The molecule has 6 nitrogen and oxygen atoms in total. The molecule has 0 saturated carbocycles. The second-order valence-corrected chi connectivity index (χ2v) is 11.2. The summed E-state index contributed by atoms with van der Waals surface area (Å²) in [6, 6.07) is 10.6. The number of nitrogens with one attached hydrogen (secondary N) is 2. The van der Waals surface area contributed by atoms with Gasteiger partial charge in [-0.15, -0.1) is 0 Å². The van der Waals surface area contributed by atoms with Crippen molar-refractivity contribution in [2.75, 3.05) is 31.1 Å². The first-order valence-electron chi connectivity index (χ1n) is 11.0. The Kier molecular flexibility index (Phi) is 7.74. The van der Waals surface area contributed by atoms with Crippen LogP contribution in [-0.2, 0) is 20.2 Å². The van der Waals surface area contributed by atoms with E-state index < -0.39 is 21.7 Å². The molecule has 0 aliphatic carbocycles. The molecule has 1 amide bonds. The number of amides is 1. The van der Waals surface area contributed by atoms with Gasteiger partial charge >= 0.3 is 0 Å². The van der Waals surface area contributed by atoms with Crippen LogP contribution >= 0.6 is 0 Å². The van der Waals surface area contributed by atoms with Crippen LogP contribution in [0.25, 0.3) is 0 Å². The van der Waals surface area contributed by atoms with Gasteiger partial charge in [0.1, 0.15) is 0 Å². The lowest BCUT2D eigenvalue weighted by Crippen LogP contribution is -2.34. The molecule has 2 aromatic rings. The van der Waals surface area contributed by atoms with Crippen LogP contribution in [0.2, 0.25) is 0 Å². The zero-order chi connectivity index (χ0) is 24.2. The van der Waals surface area contributed by atoms with Crippen LogP contribution < -0.4 is 14.9 Å². The van der Waals surface area contributed by atoms with Crippen molar-refractivity contribution in [3.8, 4) is 0 Å². The van der Waals surface area contributed by atoms with Gasteiger partial charge in [-0.05, 0) is 47.6 Å². The van der Waals surface area contributed by atoms with Gasteiger partial charge in [0.25, 0.3) is 0 Å². The predicted molar refractivity (Wildman–Crippen MR) is 125 cm³/mol. The molecule has 0 aromatic heterocycles. The van der Waals surface area contributed by atoms with E-state index in [-0.39, 0.29) is 35.1 Å². The van der Waals surface area contributed by atoms with Crippen LogP contribution in [0.1, 0.15) is 39.2 Å². The quantitative estimate of drug-likeness (QED) is 0.607. The van der Waals surface area contributed by atoms with Crippen LogP contribution in [0.5, 0.6) is 0 Å². The Balaban J connectivity index is 1.41. The normalized spacial score (nSPS) is 16.8. The Morgan fingerprint density at radius 2 is 1.79 bits per heavy atom. The highest BCUT2D eigenvalue weighted by Crippen LogP contribution is 2.25. The molecule has 1 aliphatic heterocycles. The second kappa shape index (κ2) is 10.2. The number of nitrogens with zero attached hydrogens (tertiary/aromatic N) is 1. The minimum Gasteiger partial charge on any atom is -0.371 e. The van der Waals surface area contributed by atoms with Gasteiger partial charge in [-0.1, -0.05) is 32.9 Å². The predicted octanol–water partition coefficient (Wildman–Crippen LogP) is 3.57. The third-order valence-corrected chi connectivity index (χ3v) is 7.29. The van der Waals surface area contributed by atoms with Gasteiger partial charge in [-0.3, -0.25) is 4.79 Å². The van der Waals surface area contributed by atoms with Gasteiger partial charge in [0.05, 0.1) is 4.90 Å². The van der Waals surface area contributed by atoms with E-state index >= 15 is 0 Å². The summed E-state index contributed by atoms with van der Waals surface area (Å²) in [5, 5.41) is 2.83. The standard InChI is InChI=1S/C24H31F2N3O3S/c1-24(2,3)18-4-7-20(8-5-18)33(31,32)28-12-10-23(30)27-15-17-11-13-29(16-17)19-6-9-21(25)22(26)14-19/h4-9,14,17,28H,10-13,15-16H2,1-3H3,(H,27,30). The fraction of sp³-hybridized carbons (Fsp3) is 0.458. The molecule has 1 fully saturated rings. The first-order chi connectivity index (χ1) is 15.5. The van der Waals surface area contributed by atoms with Gasteiger partial charge in [-0.25, -0.2) is 21.9 Å². The van der Waals surface area contributed by atoms with Gasteiger partial charge in [0, 0.05) is 44.4 Å². The van der Waals surface area contributed by atoms with Crippen LogP contribution in [-0.4, -0.2) is 40.5 Å². The molecule has 1 heterocycles. The maximum atomic E-state index is 13.5. The highest BCUT2D eigenvalue weighted by molar-refractivity contribution is 7.89. The SMILES string of the molecule is CC(C)(C)c1ccc(S(=O)(=O)NCCC(=O)NCC2CCN(c3ccc(F)c(F)c3)C2)cc1. The van der Waals surface area contributed by atoms with E-state index in [2.05, 4.69) is 30.8 Å². The average Bonchev–Trinajstić information content (AvgIpc) is 3.23. The number of hydrogen-bond donors (Lipinski definition) is 2. The summed E-state index contributed by atoms with van der Waals surface area (Å²) in [7, 11) is -3.69. The molecule has 0 bridgehead atoms. The number of sulfonamides is 1. The van der Waals surface area contributed by atoms with E-state index in [4.69, 9.17) is 0 Å². The number of hydrogen-bond acceptors (Lipinski definition) is 4. The van der Waals surface area contributed by atoms with Gasteiger partial charge < -0.3 is 10.2 Å². The van der Waals surface area contributed by atoms with E-state index in [0.29, 0.717) is 25.3 Å². The molecule has 180 valence electrons. The smallest absolute Gasteiger partial charge is 0.240 e. The minimum atomic E-state index is -3.69. The van der Waals surface area contributed by atoms with Crippen molar-refractivity contribution in [1.29, 1.82) is 0 Å². The molecule has 2 N–H and O–H groups in total. The molecular formula is C24H31F2N3O3S. The van der Waals surface area contributed by atoms with Crippen molar-refractivity contribution in [2.24, 2.45) is 5.92 Å².